The number of benzene rings is 1. The molecule has 0 atom stereocenters. The predicted molar refractivity (Wildman–Crippen MR) is 116 cm³/mol. The number of piperidine rings is 1. The van der Waals surface area contributed by atoms with E-state index in [-0.39, 0.29) is 26.9 Å². The Morgan fingerprint density at radius 1 is 1.23 bits per heavy atom. The van der Waals surface area contributed by atoms with Crippen LogP contribution < -0.4 is 9.46 Å². The van der Waals surface area contributed by atoms with Gasteiger partial charge in [-0.05, 0) is 43.5 Å². The lowest BCUT2D eigenvalue weighted by atomic mass is 10.1. The van der Waals surface area contributed by atoms with E-state index in [2.05, 4.69) is 14.9 Å². The monoisotopic (exact) mass is 482 g/mol. The van der Waals surface area contributed by atoms with E-state index in [9.17, 15) is 13.2 Å². The molecular formula is C19H19ClN4O5S2. The zero-order valence-electron chi connectivity index (χ0n) is 16.5. The molecule has 9 nitrogen and oxygen atoms in total. The lowest BCUT2D eigenvalue weighted by Gasteiger charge is -2.24. The third kappa shape index (κ3) is 4.68. The number of amides is 1. The number of sulfonamides is 1. The van der Waals surface area contributed by atoms with Crippen molar-refractivity contribution in [3.63, 3.8) is 0 Å². The number of carbonyl (C=O) groups is 1. The number of hydrogen-bond donors (Lipinski definition) is 1. The van der Waals surface area contributed by atoms with Crippen LogP contribution >= 0.6 is 22.9 Å². The van der Waals surface area contributed by atoms with Gasteiger partial charge in [0.15, 0.2) is 0 Å². The Hall–Kier alpha value is -2.63. The molecule has 1 aromatic carbocycles. The van der Waals surface area contributed by atoms with Gasteiger partial charge >= 0.3 is 11.8 Å². The van der Waals surface area contributed by atoms with Crippen LogP contribution in [0.3, 0.4) is 0 Å². The molecule has 164 valence electrons. The Kier molecular flexibility index (Phi) is 6.17. The SMILES string of the molecule is COc1ccc(NS(=O)(=O)c2cc(-c3nnc(C(=O)N4CCCCC4)o3)cs2)cc1Cl. The van der Waals surface area contributed by atoms with E-state index in [1.54, 1.807) is 22.4 Å². The number of anilines is 1. The van der Waals surface area contributed by atoms with E-state index in [4.69, 9.17) is 20.8 Å². The molecule has 3 heterocycles. The Labute approximate surface area is 188 Å². The van der Waals surface area contributed by atoms with Gasteiger partial charge in [-0.1, -0.05) is 11.6 Å². The highest BCUT2D eigenvalue weighted by Crippen LogP contribution is 2.31. The standard InChI is InChI=1S/C19H19ClN4O5S2/c1-28-15-6-5-13(10-14(15)20)23-31(26,27)16-9-12(11-30-16)17-21-22-18(29-17)19(25)24-7-3-2-4-8-24/h5-6,9-11,23H,2-4,7-8H2,1H3. The fourth-order valence-corrected chi connectivity index (χ4v) is 5.62. The summed E-state index contributed by atoms with van der Waals surface area (Å²) < 4.78 is 38.6. The zero-order chi connectivity index (χ0) is 22.0. The minimum atomic E-state index is -3.86. The number of aromatic nitrogens is 2. The number of hydrogen-bond acceptors (Lipinski definition) is 8. The summed E-state index contributed by atoms with van der Waals surface area (Å²) in [5, 5.41) is 9.61. The van der Waals surface area contributed by atoms with Crippen LogP contribution in [0, 0.1) is 0 Å². The van der Waals surface area contributed by atoms with Crippen LogP contribution in [0.2, 0.25) is 5.02 Å². The van der Waals surface area contributed by atoms with Crippen molar-refractivity contribution in [2.75, 3.05) is 24.9 Å². The molecule has 1 aliphatic rings. The van der Waals surface area contributed by atoms with E-state index < -0.39 is 10.0 Å². The summed E-state index contributed by atoms with van der Waals surface area (Å²) in [5.74, 6) is 0.123. The highest BCUT2D eigenvalue weighted by molar-refractivity contribution is 7.94. The largest absolute Gasteiger partial charge is 0.495 e. The van der Waals surface area contributed by atoms with Gasteiger partial charge in [0.25, 0.3) is 10.0 Å². The first-order valence-corrected chi connectivity index (χ1v) is 12.2. The van der Waals surface area contributed by atoms with Gasteiger partial charge in [0, 0.05) is 18.5 Å². The average Bonchev–Trinajstić information content (AvgIpc) is 3.44. The zero-order valence-corrected chi connectivity index (χ0v) is 18.9. The van der Waals surface area contributed by atoms with Crippen molar-refractivity contribution in [1.82, 2.24) is 15.1 Å². The van der Waals surface area contributed by atoms with Crippen LogP contribution in [0.5, 0.6) is 5.75 Å². The second-order valence-corrected chi connectivity index (χ2v) is 10.1. The van der Waals surface area contributed by atoms with E-state index >= 15 is 0 Å². The van der Waals surface area contributed by atoms with Gasteiger partial charge < -0.3 is 14.1 Å². The summed E-state index contributed by atoms with van der Waals surface area (Å²) in [6, 6.07) is 6.00. The molecule has 1 aliphatic heterocycles. The van der Waals surface area contributed by atoms with Crippen molar-refractivity contribution in [2.45, 2.75) is 23.5 Å². The van der Waals surface area contributed by atoms with Gasteiger partial charge in [-0.3, -0.25) is 9.52 Å². The van der Waals surface area contributed by atoms with Crippen LogP contribution in [-0.4, -0.2) is 49.6 Å². The van der Waals surface area contributed by atoms with Crippen LogP contribution in [0.4, 0.5) is 5.69 Å². The summed E-state index contributed by atoms with van der Waals surface area (Å²) in [6.07, 6.45) is 3.00. The number of carbonyl (C=O) groups excluding carboxylic acids is 1. The molecule has 0 radical (unpaired) electrons. The van der Waals surface area contributed by atoms with Gasteiger partial charge in [-0.25, -0.2) is 8.42 Å². The maximum atomic E-state index is 12.7. The Morgan fingerprint density at radius 2 is 2.00 bits per heavy atom. The third-order valence-corrected chi connectivity index (χ3v) is 7.86. The smallest absolute Gasteiger partial charge is 0.311 e. The van der Waals surface area contributed by atoms with Crippen molar-refractivity contribution in [3.05, 3.63) is 40.6 Å². The molecule has 1 amide bonds. The molecule has 0 spiro atoms. The van der Waals surface area contributed by atoms with Crippen LogP contribution in [-0.2, 0) is 10.0 Å². The molecule has 4 rings (SSSR count). The van der Waals surface area contributed by atoms with Crippen molar-refractivity contribution < 1.29 is 22.4 Å². The molecule has 31 heavy (non-hydrogen) atoms. The van der Waals surface area contributed by atoms with Crippen molar-refractivity contribution in [1.29, 1.82) is 0 Å². The maximum Gasteiger partial charge on any atom is 0.311 e. The highest BCUT2D eigenvalue weighted by atomic mass is 35.5. The summed E-state index contributed by atoms with van der Waals surface area (Å²) in [4.78, 5) is 14.2. The predicted octanol–water partition coefficient (Wildman–Crippen LogP) is 3.89. The van der Waals surface area contributed by atoms with Crippen LogP contribution in [0.25, 0.3) is 11.5 Å². The molecule has 0 bridgehead atoms. The first kappa shape index (κ1) is 21.6. The van der Waals surface area contributed by atoms with Crippen molar-refractivity contribution in [3.8, 4) is 17.2 Å². The molecular weight excluding hydrogens is 464 g/mol. The van der Waals surface area contributed by atoms with Crippen LogP contribution in [0.1, 0.15) is 29.9 Å². The summed E-state index contributed by atoms with van der Waals surface area (Å²) in [6.45, 7) is 1.33. The Morgan fingerprint density at radius 3 is 2.71 bits per heavy atom. The van der Waals surface area contributed by atoms with Crippen molar-refractivity contribution in [2.24, 2.45) is 0 Å². The Bertz CT molecular complexity index is 1200. The molecule has 1 N–H and O–H groups in total. The number of nitrogens with one attached hydrogen (secondary N) is 1. The number of ether oxygens (including phenoxy) is 1. The van der Waals surface area contributed by atoms with E-state index in [1.165, 1.54) is 19.2 Å². The number of rotatable bonds is 6. The summed E-state index contributed by atoms with van der Waals surface area (Å²) in [5.41, 5.74) is 0.719. The second-order valence-electron chi connectivity index (χ2n) is 6.87. The maximum absolute atomic E-state index is 12.7. The van der Waals surface area contributed by atoms with Gasteiger partial charge in [-0.2, -0.15) is 0 Å². The molecule has 1 fully saturated rings. The third-order valence-electron chi connectivity index (χ3n) is 4.74. The summed E-state index contributed by atoms with van der Waals surface area (Å²) in [7, 11) is -2.39. The second kappa shape index (κ2) is 8.85. The highest BCUT2D eigenvalue weighted by Gasteiger charge is 2.25. The molecule has 12 heteroatoms. The number of methoxy groups -OCH3 is 1. The number of likely N-dealkylation sites (tertiary alicyclic amines) is 1. The van der Waals surface area contributed by atoms with E-state index in [0.29, 0.717) is 30.1 Å². The molecule has 0 unspecified atom stereocenters. The Balaban J connectivity index is 1.50. The number of halogens is 1. The normalized spacial score (nSPS) is 14.5. The summed E-state index contributed by atoms with van der Waals surface area (Å²) >= 11 is 7.05. The van der Waals surface area contributed by atoms with Gasteiger partial charge in [0.2, 0.25) is 5.89 Å². The molecule has 3 aromatic rings. The minimum absolute atomic E-state index is 0.0524. The van der Waals surface area contributed by atoms with Gasteiger partial charge in [0.1, 0.15) is 9.96 Å². The first-order chi connectivity index (χ1) is 14.9. The van der Waals surface area contributed by atoms with E-state index in [1.807, 2.05) is 0 Å². The number of nitrogens with zero attached hydrogens (tertiary/aromatic N) is 3. The van der Waals surface area contributed by atoms with Gasteiger partial charge in [-0.15, -0.1) is 21.5 Å². The molecule has 1 saturated heterocycles. The molecule has 0 aliphatic carbocycles. The minimum Gasteiger partial charge on any atom is -0.495 e. The fourth-order valence-electron chi connectivity index (χ4n) is 3.16. The van der Waals surface area contributed by atoms with Crippen molar-refractivity contribution >= 4 is 44.6 Å². The fraction of sp³-hybridized carbons (Fsp3) is 0.316. The average molecular weight is 483 g/mol. The quantitative estimate of drug-likeness (QED) is 0.566. The molecule has 0 saturated carbocycles. The van der Waals surface area contributed by atoms with Crippen LogP contribution in [0.15, 0.2) is 38.3 Å². The van der Waals surface area contributed by atoms with Gasteiger partial charge in [0.05, 0.1) is 23.4 Å². The topological polar surface area (TPSA) is 115 Å². The first-order valence-electron chi connectivity index (χ1n) is 9.45. The lowest BCUT2D eigenvalue weighted by Crippen LogP contribution is -2.35. The van der Waals surface area contributed by atoms with E-state index in [0.717, 1.165) is 30.6 Å². The lowest BCUT2D eigenvalue weighted by molar-refractivity contribution is 0.0684. The molecule has 2 aromatic heterocycles. The number of thiophene rings is 1.